The Kier molecular flexibility index (Phi) is 4.98. The van der Waals surface area contributed by atoms with Crippen molar-refractivity contribution >= 4 is 40.0 Å². The van der Waals surface area contributed by atoms with E-state index in [9.17, 15) is 4.79 Å². The number of rotatable bonds is 5. The van der Waals surface area contributed by atoms with Crippen LogP contribution >= 0.6 is 23.4 Å². The van der Waals surface area contributed by atoms with E-state index in [2.05, 4.69) is 16.8 Å². The summed E-state index contributed by atoms with van der Waals surface area (Å²) < 4.78 is 14.6. The molecule has 0 unspecified atom stereocenters. The quantitative estimate of drug-likeness (QED) is 0.344. The van der Waals surface area contributed by atoms with E-state index < -0.39 is 0 Å². The van der Waals surface area contributed by atoms with E-state index in [1.54, 1.807) is 10.6 Å². The molecule has 0 fully saturated rings. The van der Waals surface area contributed by atoms with E-state index in [4.69, 9.17) is 21.1 Å². The molecule has 2 aromatic heterocycles. The average molecular weight is 441 g/mol. The maximum Gasteiger partial charge on any atom is 0.263 e. The molecule has 0 amide bonds. The first kappa shape index (κ1) is 19.2. The van der Waals surface area contributed by atoms with Crippen molar-refractivity contribution in [3.05, 3.63) is 75.6 Å². The normalized spacial score (nSPS) is 13.4. The molecule has 0 spiro atoms. The lowest BCUT2D eigenvalue weighted by molar-refractivity contribution is -0.0168. The van der Waals surface area contributed by atoms with Crippen LogP contribution in [0.5, 0.6) is 5.75 Å². The van der Waals surface area contributed by atoms with Crippen molar-refractivity contribution in [2.24, 2.45) is 0 Å². The van der Waals surface area contributed by atoms with E-state index >= 15 is 0 Å². The zero-order chi connectivity index (χ0) is 20.7. The number of fused-ring (bicyclic) bond motifs is 4. The third-order valence-corrected chi connectivity index (χ3v) is 6.09. The van der Waals surface area contributed by atoms with Crippen LogP contribution in [0.4, 0.5) is 0 Å². The third kappa shape index (κ3) is 3.17. The van der Waals surface area contributed by atoms with E-state index in [-0.39, 0.29) is 12.4 Å². The van der Waals surface area contributed by atoms with Gasteiger partial charge in [-0.15, -0.1) is 16.8 Å². The number of nitrogens with zero attached hydrogens (tertiary/aromatic N) is 4. The number of benzene rings is 2. The molecule has 0 saturated carbocycles. The minimum Gasteiger partial charge on any atom is -0.467 e. The topological polar surface area (TPSA) is 70.7 Å². The van der Waals surface area contributed by atoms with Crippen LogP contribution in [-0.2, 0) is 23.6 Å². The molecule has 0 radical (unpaired) electrons. The van der Waals surface area contributed by atoms with Gasteiger partial charge in [-0.05, 0) is 24.3 Å². The van der Waals surface area contributed by atoms with Crippen LogP contribution in [0.2, 0.25) is 5.02 Å². The summed E-state index contributed by atoms with van der Waals surface area (Å²) in [6, 6.07) is 11.2. The summed E-state index contributed by atoms with van der Waals surface area (Å²) in [7, 11) is 0. The summed E-state index contributed by atoms with van der Waals surface area (Å²) >= 11 is 7.79. The maximum atomic E-state index is 12.9. The minimum atomic E-state index is -0.112. The fourth-order valence-electron chi connectivity index (χ4n) is 3.63. The first-order chi connectivity index (χ1) is 14.7. The highest BCUT2D eigenvalue weighted by molar-refractivity contribution is 7.98. The number of thioether (sulfide) groups is 1. The van der Waals surface area contributed by atoms with Crippen LogP contribution in [0.15, 0.2) is 59.0 Å². The van der Waals surface area contributed by atoms with Crippen molar-refractivity contribution in [3.63, 3.8) is 0 Å². The van der Waals surface area contributed by atoms with Crippen LogP contribution in [0, 0.1) is 0 Å². The molecule has 4 aromatic rings. The molecule has 0 saturated heterocycles. The number of allylic oxidation sites excluding steroid dienone is 1. The lowest BCUT2D eigenvalue weighted by atomic mass is 10.1. The van der Waals surface area contributed by atoms with Crippen LogP contribution in [0.25, 0.3) is 16.7 Å². The van der Waals surface area contributed by atoms with Gasteiger partial charge in [-0.1, -0.05) is 41.6 Å². The molecule has 152 valence electrons. The average Bonchev–Trinajstić information content (AvgIpc) is 3.19. The second-order valence-corrected chi connectivity index (χ2v) is 8.17. The van der Waals surface area contributed by atoms with Crippen molar-refractivity contribution in [2.75, 3.05) is 6.79 Å². The lowest BCUT2D eigenvalue weighted by Gasteiger charge is -2.20. The summed E-state index contributed by atoms with van der Waals surface area (Å²) in [5.74, 6) is 1.87. The standard InChI is InChI=1S/C21H17ClN4O3S/c1-2-7-25-19(27)16-5-3-4-6-17(16)26-20(25)23-24-21(26)30-11-14-9-15(22)8-13-10-28-12-29-18(13)14/h2-6,8-9H,1,7,10-12H2. The highest BCUT2D eigenvalue weighted by atomic mass is 35.5. The van der Waals surface area contributed by atoms with Gasteiger partial charge in [-0.3, -0.25) is 13.8 Å². The molecule has 2 aromatic carbocycles. The van der Waals surface area contributed by atoms with Gasteiger partial charge in [0.2, 0.25) is 5.78 Å². The second kappa shape index (κ2) is 7.79. The molecule has 5 rings (SSSR count). The Balaban J connectivity index is 1.61. The van der Waals surface area contributed by atoms with Crippen LogP contribution < -0.4 is 10.3 Å². The van der Waals surface area contributed by atoms with Gasteiger partial charge < -0.3 is 9.47 Å². The summed E-state index contributed by atoms with van der Waals surface area (Å²) in [6.07, 6.45) is 1.68. The molecule has 30 heavy (non-hydrogen) atoms. The highest BCUT2D eigenvalue weighted by Crippen LogP contribution is 2.35. The smallest absolute Gasteiger partial charge is 0.263 e. The maximum absolute atomic E-state index is 12.9. The summed E-state index contributed by atoms with van der Waals surface area (Å²) in [6.45, 7) is 4.80. The second-order valence-electron chi connectivity index (χ2n) is 6.79. The van der Waals surface area contributed by atoms with E-state index in [0.29, 0.717) is 40.2 Å². The molecule has 7 nitrogen and oxygen atoms in total. The van der Waals surface area contributed by atoms with Gasteiger partial charge in [-0.2, -0.15) is 0 Å². The van der Waals surface area contributed by atoms with Crippen LogP contribution in [0.3, 0.4) is 0 Å². The molecule has 3 heterocycles. The molecule has 1 aliphatic heterocycles. The van der Waals surface area contributed by atoms with Crippen LogP contribution in [-0.4, -0.2) is 26.0 Å². The Morgan fingerprint density at radius 2 is 2.13 bits per heavy atom. The fourth-order valence-corrected chi connectivity index (χ4v) is 4.80. The zero-order valence-corrected chi connectivity index (χ0v) is 17.4. The first-order valence-corrected chi connectivity index (χ1v) is 10.7. The van der Waals surface area contributed by atoms with Gasteiger partial charge in [0.15, 0.2) is 11.9 Å². The Hall–Kier alpha value is -2.81. The number of hydrogen-bond donors (Lipinski definition) is 0. The van der Waals surface area contributed by atoms with Gasteiger partial charge in [0.05, 0.1) is 17.5 Å². The molecule has 0 atom stereocenters. The number of para-hydroxylation sites is 1. The highest BCUT2D eigenvalue weighted by Gasteiger charge is 2.19. The number of aromatic nitrogens is 4. The van der Waals surface area contributed by atoms with Crippen molar-refractivity contribution in [1.82, 2.24) is 19.2 Å². The van der Waals surface area contributed by atoms with Gasteiger partial charge in [0.1, 0.15) is 5.75 Å². The Morgan fingerprint density at radius 3 is 3.00 bits per heavy atom. The lowest BCUT2D eigenvalue weighted by Crippen LogP contribution is -2.22. The largest absolute Gasteiger partial charge is 0.467 e. The molecule has 0 bridgehead atoms. The van der Waals surface area contributed by atoms with Crippen LogP contribution in [0.1, 0.15) is 11.1 Å². The predicted molar refractivity (Wildman–Crippen MR) is 116 cm³/mol. The fraction of sp³-hybridized carbons (Fsp3) is 0.190. The van der Waals surface area contributed by atoms with Gasteiger partial charge in [0, 0.05) is 28.4 Å². The SMILES string of the molecule is C=CCn1c(=O)c2ccccc2n2c(SCc3cc(Cl)cc4c3OCOC4)nnc12. The summed E-state index contributed by atoms with van der Waals surface area (Å²) in [5.41, 5.74) is 2.55. The van der Waals surface area contributed by atoms with Crippen molar-refractivity contribution in [3.8, 4) is 5.75 Å². The molecule has 0 N–H and O–H groups in total. The van der Waals surface area contributed by atoms with Crippen molar-refractivity contribution < 1.29 is 9.47 Å². The van der Waals surface area contributed by atoms with E-state index in [0.717, 1.165) is 22.4 Å². The predicted octanol–water partition coefficient (Wildman–Crippen LogP) is 4.04. The minimum absolute atomic E-state index is 0.112. The van der Waals surface area contributed by atoms with E-state index in [1.165, 1.54) is 11.8 Å². The third-order valence-electron chi connectivity index (χ3n) is 4.90. The summed E-state index contributed by atoms with van der Waals surface area (Å²) in [4.78, 5) is 12.9. The van der Waals surface area contributed by atoms with Gasteiger partial charge in [-0.25, -0.2) is 0 Å². The van der Waals surface area contributed by atoms with Crippen molar-refractivity contribution in [2.45, 2.75) is 24.1 Å². The molecular weight excluding hydrogens is 424 g/mol. The Morgan fingerprint density at radius 1 is 1.27 bits per heavy atom. The first-order valence-electron chi connectivity index (χ1n) is 9.29. The zero-order valence-electron chi connectivity index (χ0n) is 15.9. The molecular formula is C21H17ClN4O3S. The number of ether oxygens (including phenoxy) is 2. The number of hydrogen-bond acceptors (Lipinski definition) is 6. The van der Waals surface area contributed by atoms with Gasteiger partial charge >= 0.3 is 0 Å². The Bertz CT molecular complexity index is 1350. The van der Waals surface area contributed by atoms with Crippen molar-refractivity contribution in [1.29, 1.82) is 0 Å². The molecule has 9 heteroatoms. The monoisotopic (exact) mass is 440 g/mol. The summed E-state index contributed by atoms with van der Waals surface area (Å²) in [5, 5.41) is 10.6. The van der Waals surface area contributed by atoms with Gasteiger partial charge in [0.25, 0.3) is 5.56 Å². The Labute approximate surface area is 180 Å². The number of halogens is 1. The van der Waals surface area contributed by atoms with E-state index in [1.807, 2.05) is 40.8 Å². The molecule has 1 aliphatic rings. The molecule has 0 aliphatic carbocycles.